The molecule has 1 aromatic rings. The Morgan fingerprint density at radius 2 is 2.27 bits per heavy atom. The average molecular weight is 229 g/mol. The molecule has 0 aliphatic rings. The summed E-state index contributed by atoms with van der Waals surface area (Å²) < 4.78 is 6.16. The first-order chi connectivity index (χ1) is 7.06. The number of carbonyl (C=O) groups excluding carboxylic acids is 1. The second-order valence-corrected chi connectivity index (χ2v) is 4.62. The Bertz CT molecular complexity index is 380. The van der Waals surface area contributed by atoms with Crippen molar-refractivity contribution < 1.29 is 9.53 Å². The molecule has 0 N–H and O–H groups in total. The van der Waals surface area contributed by atoms with Crippen molar-refractivity contribution in [2.24, 2.45) is 5.92 Å². The van der Waals surface area contributed by atoms with Crippen LogP contribution in [0.3, 0.4) is 0 Å². The third-order valence-corrected chi connectivity index (χ3v) is 2.97. The molecular formula is C10H15NO3S. The molecule has 0 bridgehead atoms. The SMILES string of the molecule is COC(=O)[C@H](CC(C)C)n1sccc1=O. The standard InChI is InChI=1S/C10H15NO3S/c1-7(2)6-8(10(13)14-3)11-9(12)4-5-15-11/h4-5,7-8H,6H2,1-3H3/t8-/m0/s1. The van der Waals surface area contributed by atoms with E-state index in [0.29, 0.717) is 12.3 Å². The van der Waals surface area contributed by atoms with Crippen molar-refractivity contribution in [3.8, 4) is 0 Å². The van der Waals surface area contributed by atoms with Crippen molar-refractivity contribution in [3.05, 3.63) is 21.8 Å². The maximum absolute atomic E-state index is 11.5. The molecule has 0 aliphatic heterocycles. The van der Waals surface area contributed by atoms with E-state index in [1.165, 1.54) is 28.7 Å². The second kappa shape index (κ2) is 5.11. The number of hydrogen-bond donors (Lipinski definition) is 0. The van der Waals surface area contributed by atoms with Crippen molar-refractivity contribution in [2.75, 3.05) is 7.11 Å². The quantitative estimate of drug-likeness (QED) is 0.738. The number of ether oxygens (including phenoxy) is 1. The fraction of sp³-hybridized carbons (Fsp3) is 0.600. The van der Waals surface area contributed by atoms with Crippen LogP contribution in [-0.2, 0) is 9.53 Å². The van der Waals surface area contributed by atoms with Crippen molar-refractivity contribution in [1.82, 2.24) is 3.96 Å². The molecule has 0 unspecified atom stereocenters. The van der Waals surface area contributed by atoms with E-state index in [1.807, 2.05) is 13.8 Å². The molecule has 0 aliphatic carbocycles. The van der Waals surface area contributed by atoms with E-state index in [-0.39, 0.29) is 11.5 Å². The fourth-order valence-electron chi connectivity index (χ4n) is 1.38. The molecule has 0 fully saturated rings. The van der Waals surface area contributed by atoms with E-state index in [0.717, 1.165) is 0 Å². The number of hydrogen-bond acceptors (Lipinski definition) is 4. The summed E-state index contributed by atoms with van der Waals surface area (Å²) >= 11 is 1.25. The van der Waals surface area contributed by atoms with Crippen LogP contribution in [0.25, 0.3) is 0 Å². The molecule has 1 heterocycles. The maximum Gasteiger partial charge on any atom is 0.330 e. The van der Waals surface area contributed by atoms with Crippen LogP contribution in [0.2, 0.25) is 0 Å². The minimum absolute atomic E-state index is 0.143. The number of aromatic nitrogens is 1. The molecule has 84 valence electrons. The van der Waals surface area contributed by atoms with E-state index >= 15 is 0 Å². The van der Waals surface area contributed by atoms with E-state index in [2.05, 4.69) is 0 Å². The minimum atomic E-state index is -0.484. The Morgan fingerprint density at radius 1 is 1.60 bits per heavy atom. The molecule has 4 nitrogen and oxygen atoms in total. The van der Waals surface area contributed by atoms with E-state index in [9.17, 15) is 9.59 Å². The highest BCUT2D eigenvalue weighted by atomic mass is 32.1. The zero-order valence-corrected chi connectivity index (χ0v) is 9.91. The Kier molecular flexibility index (Phi) is 4.08. The van der Waals surface area contributed by atoms with E-state index in [1.54, 1.807) is 5.38 Å². The van der Waals surface area contributed by atoms with Gasteiger partial charge in [-0.2, -0.15) is 0 Å². The van der Waals surface area contributed by atoms with E-state index in [4.69, 9.17) is 4.74 Å². The fourth-order valence-corrected chi connectivity index (χ4v) is 2.17. The lowest BCUT2D eigenvalue weighted by atomic mass is 10.0. The molecule has 1 atom stereocenters. The van der Waals surface area contributed by atoms with Crippen molar-refractivity contribution in [1.29, 1.82) is 0 Å². The third-order valence-electron chi connectivity index (χ3n) is 2.05. The summed E-state index contributed by atoms with van der Waals surface area (Å²) in [4.78, 5) is 23.0. The molecule has 1 aromatic heterocycles. The largest absolute Gasteiger partial charge is 0.467 e. The lowest BCUT2D eigenvalue weighted by Gasteiger charge is -2.16. The highest BCUT2D eigenvalue weighted by Gasteiger charge is 2.23. The summed E-state index contributed by atoms with van der Waals surface area (Å²) in [5, 5.41) is 1.68. The van der Waals surface area contributed by atoms with Gasteiger partial charge in [0.15, 0.2) is 0 Å². The van der Waals surface area contributed by atoms with Gasteiger partial charge in [-0.1, -0.05) is 25.4 Å². The molecule has 0 saturated carbocycles. The molecule has 0 radical (unpaired) electrons. The van der Waals surface area contributed by atoms with Gasteiger partial charge in [-0.3, -0.25) is 4.79 Å². The lowest BCUT2D eigenvalue weighted by Crippen LogP contribution is -2.27. The predicted octanol–water partition coefficient (Wildman–Crippen LogP) is 1.67. The van der Waals surface area contributed by atoms with Gasteiger partial charge in [-0.25, -0.2) is 8.75 Å². The topological polar surface area (TPSA) is 48.3 Å². The smallest absolute Gasteiger partial charge is 0.330 e. The van der Waals surface area contributed by atoms with Crippen molar-refractivity contribution >= 4 is 17.5 Å². The Labute approximate surface area is 92.6 Å². The summed E-state index contributed by atoms with van der Waals surface area (Å²) in [5.74, 6) is -0.0173. The Morgan fingerprint density at radius 3 is 2.67 bits per heavy atom. The number of methoxy groups -OCH3 is 1. The first-order valence-electron chi connectivity index (χ1n) is 4.80. The van der Waals surface area contributed by atoms with Crippen LogP contribution < -0.4 is 5.56 Å². The maximum atomic E-state index is 11.5. The van der Waals surface area contributed by atoms with E-state index < -0.39 is 6.04 Å². The van der Waals surface area contributed by atoms with Crippen LogP contribution in [0.1, 0.15) is 26.3 Å². The predicted molar refractivity (Wildman–Crippen MR) is 59.1 cm³/mol. The van der Waals surface area contributed by atoms with Gasteiger partial charge in [0.25, 0.3) is 5.56 Å². The molecule has 5 heteroatoms. The van der Waals surface area contributed by atoms with Gasteiger partial charge in [-0.05, 0) is 12.3 Å². The normalized spacial score (nSPS) is 12.8. The van der Waals surface area contributed by atoms with Gasteiger partial charge >= 0.3 is 5.97 Å². The van der Waals surface area contributed by atoms with Crippen LogP contribution in [0.15, 0.2) is 16.2 Å². The summed E-state index contributed by atoms with van der Waals surface area (Å²) in [6.07, 6.45) is 0.618. The van der Waals surface area contributed by atoms with Crippen LogP contribution in [0.4, 0.5) is 0 Å². The highest BCUT2D eigenvalue weighted by Crippen LogP contribution is 2.19. The highest BCUT2D eigenvalue weighted by molar-refractivity contribution is 7.04. The zero-order valence-electron chi connectivity index (χ0n) is 9.10. The first kappa shape index (κ1) is 12.0. The second-order valence-electron chi connectivity index (χ2n) is 3.74. The monoisotopic (exact) mass is 229 g/mol. The van der Waals surface area contributed by atoms with Crippen molar-refractivity contribution in [3.63, 3.8) is 0 Å². The zero-order chi connectivity index (χ0) is 11.4. The molecule has 1 rings (SSSR count). The summed E-state index contributed by atoms with van der Waals surface area (Å²) in [6, 6.07) is 0.975. The van der Waals surface area contributed by atoms with Gasteiger partial charge in [-0.15, -0.1) is 0 Å². The van der Waals surface area contributed by atoms with Crippen LogP contribution in [-0.4, -0.2) is 17.0 Å². The van der Waals surface area contributed by atoms with Gasteiger partial charge in [0.1, 0.15) is 6.04 Å². The number of carbonyl (C=O) groups is 1. The number of esters is 1. The summed E-state index contributed by atoms with van der Waals surface area (Å²) in [5.41, 5.74) is -0.143. The molecule has 0 spiro atoms. The lowest BCUT2D eigenvalue weighted by molar-refractivity contribution is -0.144. The Hall–Kier alpha value is -1.10. The van der Waals surface area contributed by atoms with Crippen LogP contribution in [0, 0.1) is 5.92 Å². The molecule has 0 aromatic carbocycles. The number of nitrogens with zero attached hydrogens (tertiary/aromatic N) is 1. The van der Waals surface area contributed by atoms with Crippen molar-refractivity contribution in [2.45, 2.75) is 26.3 Å². The van der Waals surface area contributed by atoms with Crippen LogP contribution in [0.5, 0.6) is 0 Å². The van der Waals surface area contributed by atoms with Crippen LogP contribution >= 0.6 is 11.5 Å². The van der Waals surface area contributed by atoms with Gasteiger partial charge < -0.3 is 4.74 Å². The molecular weight excluding hydrogens is 214 g/mol. The van der Waals surface area contributed by atoms with Gasteiger partial charge in [0, 0.05) is 11.4 Å². The summed E-state index contributed by atoms with van der Waals surface area (Å²) in [6.45, 7) is 4.02. The summed E-state index contributed by atoms with van der Waals surface area (Å²) in [7, 11) is 1.34. The molecule has 0 saturated heterocycles. The minimum Gasteiger partial charge on any atom is -0.467 e. The first-order valence-corrected chi connectivity index (χ1v) is 5.64. The number of rotatable bonds is 4. The third kappa shape index (κ3) is 2.92. The average Bonchev–Trinajstić information content (AvgIpc) is 2.59. The molecule has 0 amide bonds. The van der Waals surface area contributed by atoms with Gasteiger partial charge in [0.2, 0.25) is 0 Å². The molecule has 15 heavy (non-hydrogen) atoms. The Balaban J connectivity index is 2.96. The van der Waals surface area contributed by atoms with Gasteiger partial charge in [0.05, 0.1) is 7.11 Å².